The fourth-order valence-corrected chi connectivity index (χ4v) is 1.60. The van der Waals surface area contributed by atoms with Gasteiger partial charge in [-0.3, -0.25) is 0 Å². The van der Waals surface area contributed by atoms with Gasteiger partial charge < -0.3 is 11.1 Å². The molecule has 0 aliphatic carbocycles. The molecule has 0 spiro atoms. The first-order valence-electron chi connectivity index (χ1n) is 5.18. The van der Waals surface area contributed by atoms with Gasteiger partial charge >= 0.3 is 0 Å². The summed E-state index contributed by atoms with van der Waals surface area (Å²) in [4.78, 5) is 0.300. The van der Waals surface area contributed by atoms with E-state index in [1.165, 1.54) is 12.1 Å². The van der Waals surface area contributed by atoms with Crippen LogP contribution in [0, 0.1) is 11.6 Å². The molecule has 0 aliphatic heterocycles. The van der Waals surface area contributed by atoms with Crippen LogP contribution in [0.3, 0.4) is 0 Å². The summed E-state index contributed by atoms with van der Waals surface area (Å²) in [5.41, 5.74) is 7.07. The topological polar surface area (TPSA) is 38.0 Å². The largest absolute Gasteiger partial charge is 0.389 e. The van der Waals surface area contributed by atoms with Crippen LogP contribution in [-0.2, 0) is 0 Å². The van der Waals surface area contributed by atoms with Gasteiger partial charge in [0.05, 0.1) is 5.69 Å². The van der Waals surface area contributed by atoms with Crippen LogP contribution in [0.4, 0.5) is 20.2 Å². The molecule has 92 valence electrons. The zero-order chi connectivity index (χ0) is 13.1. The average Bonchev–Trinajstić information content (AvgIpc) is 2.33. The number of halogens is 2. The van der Waals surface area contributed by atoms with Gasteiger partial charge in [0, 0.05) is 17.3 Å². The number of rotatable bonds is 3. The SMILES string of the molecule is NC(=S)c1ccc(Nc2ccc(F)cc2F)cc1. The van der Waals surface area contributed by atoms with Crippen molar-refractivity contribution in [2.75, 3.05) is 5.32 Å². The van der Waals surface area contributed by atoms with E-state index in [1.54, 1.807) is 24.3 Å². The van der Waals surface area contributed by atoms with Gasteiger partial charge in [-0.1, -0.05) is 12.2 Å². The Morgan fingerprint density at radius 3 is 2.28 bits per heavy atom. The Hall–Kier alpha value is -2.01. The van der Waals surface area contributed by atoms with Crippen molar-refractivity contribution < 1.29 is 8.78 Å². The molecular weight excluding hydrogens is 254 g/mol. The maximum atomic E-state index is 13.4. The van der Waals surface area contributed by atoms with Crippen LogP contribution in [0.2, 0.25) is 0 Å². The summed E-state index contributed by atoms with van der Waals surface area (Å²) >= 11 is 4.83. The second kappa shape index (κ2) is 5.10. The molecule has 0 amide bonds. The van der Waals surface area contributed by atoms with Gasteiger partial charge in [-0.2, -0.15) is 0 Å². The van der Waals surface area contributed by atoms with Crippen LogP contribution in [0.1, 0.15) is 5.56 Å². The monoisotopic (exact) mass is 264 g/mol. The van der Waals surface area contributed by atoms with Crippen molar-refractivity contribution in [1.82, 2.24) is 0 Å². The molecule has 0 bridgehead atoms. The number of nitrogens with one attached hydrogen (secondary N) is 1. The molecule has 0 saturated carbocycles. The number of nitrogens with two attached hydrogens (primary N) is 1. The van der Waals surface area contributed by atoms with Crippen molar-refractivity contribution >= 4 is 28.6 Å². The minimum atomic E-state index is -0.645. The van der Waals surface area contributed by atoms with Gasteiger partial charge in [0.2, 0.25) is 0 Å². The Labute approximate surface area is 108 Å². The molecule has 3 N–H and O–H groups in total. The second-order valence-electron chi connectivity index (χ2n) is 3.69. The van der Waals surface area contributed by atoms with Crippen molar-refractivity contribution in [2.45, 2.75) is 0 Å². The number of benzene rings is 2. The van der Waals surface area contributed by atoms with E-state index in [2.05, 4.69) is 5.32 Å². The molecular formula is C13H10F2N2S. The van der Waals surface area contributed by atoms with E-state index in [9.17, 15) is 8.78 Å². The van der Waals surface area contributed by atoms with Gasteiger partial charge in [0.15, 0.2) is 0 Å². The van der Waals surface area contributed by atoms with Crippen LogP contribution in [0.5, 0.6) is 0 Å². The van der Waals surface area contributed by atoms with E-state index in [-0.39, 0.29) is 5.69 Å². The molecule has 0 unspecified atom stereocenters. The Morgan fingerprint density at radius 2 is 1.72 bits per heavy atom. The quantitative estimate of drug-likeness (QED) is 0.835. The molecule has 0 aromatic heterocycles. The van der Waals surface area contributed by atoms with Crippen LogP contribution in [-0.4, -0.2) is 4.99 Å². The summed E-state index contributed by atoms with van der Waals surface area (Å²) in [6.07, 6.45) is 0. The van der Waals surface area contributed by atoms with Crippen LogP contribution < -0.4 is 11.1 Å². The first-order chi connectivity index (χ1) is 8.56. The second-order valence-corrected chi connectivity index (χ2v) is 4.13. The van der Waals surface area contributed by atoms with E-state index in [4.69, 9.17) is 18.0 Å². The Morgan fingerprint density at radius 1 is 1.06 bits per heavy atom. The lowest BCUT2D eigenvalue weighted by atomic mass is 10.2. The van der Waals surface area contributed by atoms with E-state index < -0.39 is 11.6 Å². The zero-order valence-electron chi connectivity index (χ0n) is 9.28. The van der Waals surface area contributed by atoms with Crippen LogP contribution in [0.15, 0.2) is 42.5 Å². The molecule has 2 nitrogen and oxygen atoms in total. The standard InChI is InChI=1S/C13H10F2N2S/c14-9-3-6-12(11(15)7-9)17-10-4-1-8(2-5-10)13(16)18/h1-7,17H,(H2,16,18). The molecule has 0 heterocycles. The van der Waals surface area contributed by atoms with Gasteiger partial charge in [-0.25, -0.2) is 8.78 Å². The summed E-state index contributed by atoms with van der Waals surface area (Å²) in [6.45, 7) is 0. The Kier molecular flexibility index (Phi) is 3.53. The molecule has 0 radical (unpaired) electrons. The van der Waals surface area contributed by atoms with Crippen molar-refractivity contribution in [1.29, 1.82) is 0 Å². The van der Waals surface area contributed by atoms with E-state index >= 15 is 0 Å². The third-order valence-electron chi connectivity index (χ3n) is 2.38. The maximum absolute atomic E-state index is 13.4. The molecule has 0 aliphatic rings. The third-order valence-corrected chi connectivity index (χ3v) is 2.62. The lowest BCUT2D eigenvalue weighted by Gasteiger charge is -2.08. The van der Waals surface area contributed by atoms with Gasteiger partial charge in [-0.15, -0.1) is 0 Å². The fraction of sp³-hybridized carbons (Fsp3) is 0. The lowest BCUT2D eigenvalue weighted by Crippen LogP contribution is -2.08. The van der Waals surface area contributed by atoms with Crippen molar-refractivity contribution in [3.8, 4) is 0 Å². The molecule has 0 saturated heterocycles. The molecule has 2 rings (SSSR count). The first kappa shape index (κ1) is 12.4. The van der Waals surface area contributed by atoms with Crippen LogP contribution >= 0.6 is 12.2 Å². The molecule has 18 heavy (non-hydrogen) atoms. The predicted molar refractivity (Wildman–Crippen MR) is 72.0 cm³/mol. The van der Waals surface area contributed by atoms with Gasteiger partial charge in [0.1, 0.15) is 16.6 Å². The van der Waals surface area contributed by atoms with E-state index in [1.807, 2.05) is 0 Å². The third kappa shape index (κ3) is 2.81. The van der Waals surface area contributed by atoms with E-state index in [0.29, 0.717) is 10.7 Å². The molecule has 0 atom stereocenters. The predicted octanol–water partition coefficient (Wildman–Crippen LogP) is 3.34. The normalized spacial score (nSPS) is 10.1. The Balaban J connectivity index is 2.21. The fourth-order valence-electron chi connectivity index (χ4n) is 1.46. The highest BCUT2D eigenvalue weighted by Gasteiger charge is 2.04. The zero-order valence-corrected chi connectivity index (χ0v) is 10.1. The highest BCUT2D eigenvalue weighted by molar-refractivity contribution is 7.80. The maximum Gasteiger partial charge on any atom is 0.149 e. The minimum absolute atomic E-state index is 0.208. The first-order valence-corrected chi connectivity index (χ1v) is 5.59. The molecule has 5 heteroatoms. The van der Waals surface area contributed by atoms with E-state index in [0.717, 1.165) is 11.6 Å². The molecule has 0 fully saturated rings. The highest BCUT2D eigenvalue weighted by atomic mass is 32.1. The summed E-state index contributed by atoms with van der Waals surface area (Å²) in [7, 11) is 0. The van der Waals surface area contributed by atoms with Crippen molar-refractivity contribution in [3.63, 3.8) is 0 Å². The van der Waals surface area contributed by atoms with Crippen LogP contribution in [0.25, 0.3) is 0 Å². The molecule has 2 aromatic rings. The number of hydrogen-bond donors (Lipinski definition) is 2. The summed E-state index contributed by atoms with van der Waals surface area (Å²) in [5.74, 6) is -1.25. The summed E-state index contributed by atoms with van der Waals surface area (Å²) < 4.78 is 26.1. The summed E-state index contributed by atoms with van der Waals surface area (Å²) in [5, 5.41) is 2.84. The number of hydrogen-bond acceptors (Lipinski definition) is 2. The number of anilines is 2. The highest BCUT2D eigenvalue weighted by Crippen LogP contribution is 2.20. The van der Waals surface area contributed by atoms with Crippen molar-refractivity contribution in [3.05, 3.63) is 59.7 Å². The molecule has 2 aromatic carbocycles. The van der Waals surface area contributed by atoms with Gasteiger partial charge in [-0.05, 0) is 36.4 Å². The smallest absolute Gasteiger partial charge is 0.149 e. The Bertz CT molecular complexity index is 582. The van der Waals surface area contributed by atoms with Crippen molar-refractivity contribution in [2.24, 2.45) is 5.73 Å². The average molecular weight is 264 g/mol. The minimum Gasteiger partial charge on any atom is -0.389 e. The van der Waals surface area contributed by atoms with Gasteiger partial charge in [0.25, 0.3) is 0 Å². The lowest BCUT2D eigenvalue weighted by molar-refractivity contribution is 0.586. The summed E-state index contributed by atoms with van der Waals surface area (Å²) in [6, 6.07) is 10.2. The number of thiocarbonyl (C=S) groups is 1.